The Morgan fingerprint density at radius 3 is 2.11 bits per heavy atom. The van der Waals surface area contributed by atoms with Crippen molar-refractivity contribution in [3.05, 3.63) is 126 Å². The van der Waals surface area contributed by atoms with Crippen LogP contribution in [0.5, 0.6) is 0 Å². The van der Waals surface area contributed by atoms with E-state index in [4.69, 9.17) is 0 Å². The molecule has 4 aromatic carbocycles. The van der Waals surface area contributed by atoms with Gasteiger partial charge in [-0.2, -0.15) is 0 Å². The molecule has 0 amide bonds. The van der Waals surface area contributed by atoms with E-state index in [1.807, 2.05) is 54.9 Å². The lowest BCUT2D eigenvalue weighted by Gasteiger charge is -2.27. The molecule has 0 bridgehead atoms. The molecule has 5 aromatic rings. The van der Waals surface area contributed by atoms with Gasteiger partial charge in [-0.25, -0.2) is 12.7 Å². The average molecular weight is 481 g/mol. The van der Waals surface area contributed by atoms with E-state index in [1.165, 1.54) is 4.31 Å². The number of hydrogen-bond acceptors (Lipinski definition) is 3. The van der Waals surface area contributed by atoms with Crippen LogP contribution in [0, 0.1) is 6.92 Å². The molecule has 0 aliphatic carbocycles. The summed E-state index contributed by atoms with van der Waals surface area (Å²) < 4.78 is 31.5. The van der Waals surface area contributed by atoms with Gasteiger partial charge in [-0.15, -0.1) is 0 Å². The fraction of sp³-hybridized carbons (Fsp3) is 0.0690. The molecule has 1 heterocycles. The Morgan fingerprint density at radius 1 is 0.771 bits per heavy atom. The highest BCUT2D eigenvalue weighted by molar-refractivity contribution is 7.93. The minimum atomic E-state index is -4.07. The van der Waals surface area contributed by atoms with Gasteiger partial charge in [0, 0.05) is 29.1 Å². The molecule has 0 radical (unpaired) electrons. The first kappa shape index (κ1) is 22.6. The normalized spacial score (nSPS) is 11.5. The Hall–Kier alpha value is -4.16. The van der Waals surface area contributed by atoms with E-state index >= 15 is 0 Å². The number of aryl methyl sites for hydroxylation is 2. The first-order valence-electron chi connectivity index (χ1n) is 11.2. The third-order valence-corrected chi connectivity index (χ3v) is 7.83. The average Bonchev–Trinajstić information content (AvgIpc) is 3.20. The number of fused-ring (bicyclic) bond motifs is 1. The number of carbonyl (C=O) groups is 1. The molecule has 0 unspecified atom stereocenters. The molecule has 1 aromatic heterocycles. The van der Waals surface area contributed by atoms with Crippen LogP contribution in [0.15, 0.2) is 114 Å². The van der Waals surface area contributed by atoms with Crippen molar-refractivity contribution >= 4 is 38.2 Å². The van der Waals surface area contributed by atoms with Crippen LogP contribution in [0.25, 0.3) is 10.9 Å². The summed E-state index contributed by atoms with van der Waals surface area (Å²) in [5, 5.41) is 0.904. The zero-order valence-electron chi connectivity index (χ0n) is 19.4. The largest absolute Gasteiger partial charge is 0.329 e. The Kier molecular flexibility index (Phi) is 5.75. The van der Waals surface area contributed by atoms with Gasteiger partial charge < -0.3 is 4.57 Å². The van der Waals surface area contributed by atoms with Crippen LogP contribution in [0.4, 0.5) is 11.5 Å². The summed E-state index contributed by atoms with van der Waals surface area (Å²) >= 11 is 0. The number of hydrogen-bond donors (Lipinski definition) is 0. The Morgan fingerprint density at radius 2 is 1.40 bits per heavy atom. The van der Waals surface area contributed by atoms with E-state index in [-0.39, 0.29) is 10.7 Å². The fourth-order valence-electron chi connectivity index (χ4n) is 4.25. The van der Waals surface area contributed by atoms with E-state index in [1.54, 1.807) is 72.8 Å². The van der Waals surface area contributed by atoms with E-state index < -0.39 is 10.0 Å². The van der Waals surface area contributed by atoms with Crippen LogP contribution in [0.2, 0.25) is 0 Å². The Labute approximate surface area is 204 Å². The smallest absolute Gasteiger partial charge is 0.269 e. The Balaban J connectivity index is 1.78. The third-order valence-electron chi connectivity index (χ3n) is 6.10. The van der Waals surface area contributed by atoms with Crippen molar-refractivity contribution in [1.82, 2.24) is 4.57 Å². The van der Waals surface area contributed by atoms with Gasteiger partial charge >= 0.3 is 0 Å². The van der Waals surface area contributed by atoms with Crippen molar-refractivity contribution in [2.24, 2.45) is 7.05 Å². The molecule has 0 saturated carbocycles. The van der Waals surface area contributed by atoms with Gasteiger partial charge in [0.15, 0.2) is 5.78 Å². The molecule has 0 aliphatic rings. The lowest BCUT2D eigenvalue weighted by Crippen LogP contribution is -2.29. The van der Waals surface area contributed by atoms with E-state index in [2.05, 4.69) is 0 Å². The summed E-state index contributed by atoms with van der Waals surface area (Å²) in [5.74, 6) is 0.198. The summed E-state index contributed by atoms with van der Waals surface area (Å²) in [6.07, 6.45) is 0. The van der Waals surface area contributed by atoms with Gasteiger partial charge in [-0.05, 0) is 43.3 Å². The monoisotopic (exact) mass is 480 g/mol. The highest BCUT2D eigenvalue weighted by Gasteiger charge is 2.32. The van der Waals surface area contributed by atoms with Crippen molar-refractivity contribution in [2.75, 3.05) is 4.31 Å². The minimum absolute atomic E-state index is 0.148. The van der Waals surface area contributed by atoms with Gasteiger partial charge in [0.2, 0.25) is 0 Å². The summed E-state index contributed by atoms with van der Waals surface area (Å²) in [6.45, 7) is 1.91. The first-order valence-corrected chi connectivity index (χ1v) is 12.7. The molecule has 0 N–H and O–H groups in total. The van der Waals surface area contributed by atoms with Crippen molar-refractivity contribution in [1.29, 1.82) is 0 Å². The van der Waals surface area contributed by atoms with Gasteiger partial charge in [0.05, 0.1) is 10.6 Å². The number of carbonyl (C=O) groups excluding carboxylic acids is 1. The third kappa shape index (κ3) is 4.02. The van der Waals surface area contributed by atoms with Gasteiger partial charge in [0.1, 0.15) is 5.82 Å². The predicted molar refractivity (Wildman–Crippen MR) is 140 cm³/mol. The molecule has 0 atom stereocenters. The van der Waals surface area contributed by atoms with Gasteiger partial charge in [-0.1, -0.05) is 78.4 Å². The van der Waals surface area contributed by atoms with Crippen LogP contribution in [0.3, 0.4) is 0 Å². The first-order chi connectivity index (χ1) is 16.9. The van der Waals surface area contributed by atoms with Crippen LogP contribution in [-0.2, 0) is 17.1 Å². The molecule has 174 valence electrons. The molecule has 5 nitrogen and oxygen atoms in total. The molecule has 35 heavy (non-hydrogen) atoms. The van der Waals surface area contributed by atoms with Crippen LogP contribution in [-0.4, -0.2) is 18.8 Å². The molecular weight excluding hydrogens is 456 g/mol. The highest BCUT2D eigenvalue weighted by Crippen LogP contribution is 2.38. The SMILES string of the molecule is Cc1ccc(S(=O)(=O)N(c2ccccc2C(=O)c2ccccc2)c2cc3ccccc3n2C)cc1. The van der Waals surface area contributed by atoms with E-state index in [0.29, 0.717) is 22.6 Å². The number of para-hydroxylation sites is 2. The lowest BCUT2D eigenvalue weighted by atomic mass is 10.0. The predicted octanol–water partition coefficient (Wildman–Crippen LogP) is 6.24. The number of aromatic nitrogens is 1. The van der Waals surface area contributed by atoms with Gasteiger partial charge in [0.25, 0.3) is 10.0 Å². The molecule has 0 aliphatic heterocycles. The topological polar surface area (TPSA) is 59.4 Å². The van der Waals surface area contributed by atoms with E-state index in [9.17, 15) is 13.2 Å². The number of nitrogens with zero attached hydrogens (tertiary/aromatic N) is 2. The quantitative estimate of drug-likeness (QED) is 0.270. The standard InChI is InChI=1S/C29H24N2O3S/c1-21-16-18-24(19-17-21)35(33,34)31(28-20-23-12-6-8-14-26(23)30(28)2)27-15-9-7-13-25(27)29(32)22-10-4-3-5-11-22/h3-20H,1-2H3. The number of anilines is 2. The maximum Gasteiger partial charge on any atom is 0.269 e. The highest BCUT2D eigenvalue weighted by atomic mass is 32.2. The summed E-state index contributed by atoms with van der Waals surface area (Å²) in [4.78, 5) is 13.7. The number of rotatable bonds is 6. The summed E-state index contributed by atoms with van der Waals surface area (Å²) in [5.41, 5.74) is 2.94. The second-order valence-electron chi connectivity index (χ2n) is 8.42. The van der Waals surface area contributed by atoms with Crippen LogP contribution < -0.4 is 4.31 Å². The molecular formula is C29H24N2O3S. The van der Waals surface area contributed by atoms with Gasteiger partial charge in [-0.3, -0.25) is 4.79 Å². The molecule has 5 rings (SSSR count). The lowest BCUT2D eigenvalue weighted by molar-refractivity contribution is 0.103. The molecule has 0 saturated heterocycles. The second-order valence-corrected chi connectivity index (χ2v) is 10.2. The molecule has 6 heteroatoms. The zero-order chi connectivity index (χ0) is 24.6. The van der Waals surface area contributed by atoms with Crippen LogP contribution >= 0.6 is 0 Å². The van der Waals surface area contributed by atoms with E-state index in [0.717, 1.165) is 16.5 Å². The summed E-state index contributed by atoms with van der Waals surface area (Å²) in [6, 6.07) is 32.0. The van der Waals surface area contributed by atoms with Crippen molar-refractivity contribution in [2.45, 2.75) is 11.8 Å². The number of ketones is 1. The van der Waals surface area contributed by atoms with Crippen molar-refractivity contribution in [3.8, 4) is 0 Å². The number of benzene rings is 4. The molecule has 0 fully saturated rings. The summed E-state index contributed by atoms with van der Waals surface area (Å²) in [7, 11) is -2.24. The fourth-order valence-corrected chi connectivity index (χ4v) is 5.78. The van der Waals surface area contributed by atoms with Crippen molar-refractivity contribution in [3.63, 3.8) is 0 Å². The molecule has 0 spiro atoms. The minimum Gasteiger partial charge on any atom is -0.329 e. The Bertz CT molecular complexity index is 1640. The zero-order valence-corrected chi connectivity index (χ0v) is 20.2. The maximum absolute atomic E-state index is 14.2. The van der Waals surface area contributed by atoms with Crippen LogP contribution in [0.1, 0.15) is 21.5 Å². The number of sulfonamides is 1. The van der Waals surface area contributed by atoms with Crippen molar-refractivity contribution < 1.29 is 13.2 Å². The second kappa shape index (κ2) is 8.89. The maximum atomic E-state index is 14.2.